The predicted molar refractivity (Wildman–Crippen MR) is 309 cm³/mol. The fourth-order valence-electron chi connectivity index (χ4n) is 10.5. The summed E-state index contributed by atoms with van der Waals surface area (Å²) in [6.07, 6.45) is 62.7. The average Bonchev–Trinajstić information content (AvgIpc) is 3.39. The Kier molecular flexibility index (Phi) is 51.6. The van der Waals surface area contributed by atoms with Crippen LogP contribution in [0.4, 0.5) is 0 Å². The van der Waals surface area contributed by atoms with E-state index in [4.69, 9.17) is 9.47 Å². The molecule has 1 aliphatic rings. The van der Waals surface area contributed by atoms with Gasteiger partial charge in [0, 0.05) is 6.42 Å². The molecule has 0 aromatic rings. The van der Waals surface area contributed by atoms with E-state index in [1.165, 1.54) is 263 Å². The summed E-state index contributed by atoms with van der Waals surface area (Å²) in [5, 5.41) is 54.6. The van der Waals surface area contributed by atoms with E-state index in [1.807, 2.05) is 6.08 Å². The molecule has 0 spiro atoms. The molecule has 1 fully saturated rings. The molecule has 0 aromatic carbocycles. The number of nitrogens with one attached hydrogen (secondary N) is 1. The molecule has 0 radical (unpaired) electrons. The smallest absolute Gasteiger partial charge is 0.220 e. The third kappa shape index (κ3) is 43.4. The highest BCUT2D eigenvalue weighted by Gasteiger charge is 2.44. The first-order valence-corrected chi connectivity index (χ1v) is 32.1. The maximum absolute atomic E-state index is 13.1. The predicted octanol–water partition coefficient (Wildman–Crippen LogP) is 16.5. The molecule has 9 heteroatoms. The molecule has 432 valence electrons. The van der Waals surface area contributed by atoms with Crippen molar-refractivity contribution in [1.29, 1.82) is 0 Å². The van der Waals surface area contributed by atoms with E-state index in [-0.39, 0.29) is 12.5 Å². The van der Waals surface area contributed by atoms with Crippen molar-refractivity contribution in [3.63, 3.8) is 0 Å². The molecule has 0 bridgehead atoms. The molecule has 1 saturated heterocycles. The van der Waals surface area contributed by atoms with E-state index in [2.05, 4.69) is 31.3 Å². The number of carbonyl (C=O) groups excluding carboxylic acids is 1. The number of hydrogen-bond acceptors (Lipinski definition) is 8. The van der Waals surface area contributed by atoms with Crippen molar-refractivity contribution in [1.82, 2.24) is 5.32 Å². The van der Waals surface area contributed by atoms with Crippen LogP contribution < -0.4 is 5.32 Å². The second-order valence-corrected chi connectivity index (χ2v) is 22.6. The van der Waals surface area contributed by atoms with Gasteiger partial charge in [0.15, 0.2) is 6.29 Å². The van der Waals surface area contributed by atoms with Gasteiger partial charge in [-0.15, -0.1) is 0 Å². The zero-order valence-electron chi connectivity index (χ0n) is 48.2. The van der Waals surface area contributed by atoms with Gasteiger partial charge in [0.25, 0.3) is 0 Å². The van der Waals surface area contributed by atoms with E-state index in [0.717, 1.165) is 38.5 Å². The molecule has 1 aliphatic heterocycles. The summed E-state index contributed by atoms with van der Waals surface area (Å²) >= 11 is 0. The van der Waals surface area contributed by atoms with Crippen molar-refractivity contribution in [3.05, 3.63) is 24.3 Å². The fourth-order valence-corrected chi connectivity index (χ4v) is 10.5. The Morgan fingerprint density at radius 2 is 0.781 bits per heavy atom. The number of ether oxygens (including phenoxy) is 2. The van der Waals surface area contributed by atoms with E-state index < -0.39 is 49.5 Å². The number of aliphatic hydroxyl groups excluding tert-OH is 5. The lowest BCUT2D eigenvalue weighted by molar-refractivity contribution is -0.302. The standard InChI is InChI=1S/C64H123NO8/c1-3-5-7-9-11-13-15-17-19-21-23-25-27-28-29-30-31-32-33-35-37-39-41-43-45-47-49-51-53-58(67)57(56-72-64-63(71)62(70)61(69)59(55-66)73-64)65-60(68)54-52-50-48-46-44-42-40-38-36-34-26-24-22-20-18-16-14-12-10-8-6-4-2/h43,45,51,53,57-59,61-64,66-67,69-71H,3-42,44,46-50,52,54-56H2,1-2H3,(H,65,68)/b45-43+,53-51+. The Morgan fingerprint density at radius 1 is 0.452 bits per heavy atom. The summed E-state index contributed by atoms with van der Waals surface area (Å²) in [5.41, 5.74) is 0. The Hall–Kier alpha value is -1.33. The minimum absolute atomic E-state index is 0.179. The second-order valence-electron chi connectivity index (χ2n) is 22.6. The third-order valence-corrected chi connectivity index (χ3v) is 15.5. The van der Waals surface area contributed by atoms with Gasteiger partial charge in [-0.25, -0.2) is 0 Å². The molecule has 1 rings (SSSR count). The quantitative estimate of drug-likeness (QED) is 0.0261. The van der Waals surface area contributed by atoms with E-state index in [9.17, 15) is 30.3 Å². The molecule has 0 aromatic heterocycles. The van der Waals surface area contributed by atoms with Crippen LogP contribution >= 0.6 is 0 Å². The van der Waals surface area contributed by atoms with Gasteiger partial charge in [-0.3, -0.25) is 4.79 Å². The minimum Gasteiger partial charge on any atom is -0.394 e. The molecule has 7 atom stereocenters. The first-order valence-electron chi connectivity index (χ1n) is 32.1. The van der Waals surface area contributed by atoms with Gasteiger partial charge in [0.1, 0.15) is 24.4 Å². The van der Waals surface area contributed by atoms with Gasteiger partial charge in [-0.1, -0.05) is 308 Å². The summed E-state index contributed by atoms with van der Waals surface area (Å²) in [5.74, 6) is -0.179. The largest absolute Gasteiger partial charge is 0.394 e. The zero-order valence-corrected chi connectivity index (χ0v) is 48.2. The number of allylic oxidation sites excluding steroid dienone is 3. The lowest BCUT2D eigenvalue weighted by atomic mass is 9.99. The number of rotatable bonds is 56. The normalized spacial score (nSPS) is 19.1. The molecular weight excluding hydrogens is 911 g/mol. The molecule has 9 nitrogen and oxygen atoms in total. The van der Waals surface area contributed by atoms with Crippen LogP contribution in [0.15, 0.2) is 24.3 Å². The molecule has 0 saturated carbocycles. The Balaban J connectivity index is 2.19. The number of unbranched alkanes of at least 4 members (excludes halogenated alkanes) is 44. The SMILES string of the molecule is CCCCCCCCCCCCCCCCCCCCCCCC/C=C/CC/C=C/C(O)C(COC1OC(CO)C(O)C(O)C1O)NC(=O)CCCCCCCCCCCCCCCCCCCCCCCC. The first-order chi connectivity index (χ1) is 35.8. The van der Waals surface area contributed by atoms with Crippen molar-refractivity contribution in [2.75, 3.05) is 13.2 Å². The van der Waals surface area contributed by atoms with Gasteiger partial charge in [0.05, 0.1) is 25.4 Å². The van der Waals surface area contributed by atoms with Crippen molar-refractivity contribution in [2.45, 2.75) is 365 Å². The molecule has 6 N–H and O–H groups in total. The van der Waals surface area contributed by atoms with E-state index in [1.54, 1.807) is 6.08 Å². The maximum atomic E-state index is 13.1. The highest BCUT2D eigenvalue weighted by Crippen LogP contribution is 2.23. The number of hydrogen-bond donors (Lipinski definition) is 6. The summed E-state index contributed by atoms with van der Waals surface area (Å²) in [6.45, 7) is 3.82. The monoisotopic (exact) mass is 1030 g/mol. The third-order valence-electron chi connectivity index (χ3n) is 15.5. The number of amides is 1. The summed E-state index contributed by atoms with van der Waals surface area (Å²) in [4.78, 5) is 13.1. The first kappa shape index (κ1) is 69.7. The topological polar surface area (TPSA) is 149 Å². The zero-order chi connectivity index (χ0) is 52.9. The number of aliphatic hydroxyl groups is 5. The molecular formula is C64H123NO8. The van der Waals surface area contributed by atoms with Gasteiger partial charge < -0.3 is 40.3 Å². The molecule has 7 unspecified atom stereocenters. The summed E-state index contributed by atoms with van der Waals surface area (Å²) in [7, 11) is 0. The van der Waals surface area contributed by atoms with E-state index >= 15 is 0 Å². The van der Waals surface area contributed by atoms with Crippen molar-refractivity contribution < 1.29 is 39.8 Å². The lowest BCUT2D eigenvalue weighted by Crippen LogP contribution is -2.60. The average molecular weight is 1030 g/mol. The summed E-state index contributed by atoms with van der Waals surface area (Å²) in [6, 6.07) is -0.819. The Bertz CT molecular complexity index is 1200. The van der Waals surface area contributed by atoms with Gasteiger partial charge in [-0.05, 0) is 32.1 Å². The molecule has 73 heavy (non-hydrogen) atoms. The van der Waals surface area contributed by atoms with Crippen LogP contribution in [0.25, 0.3) is 0 Å². The van der Waals surface area contributed by atoms with Crippen LogP contribution in [0.3, 0.4) is 0 Å². The highest BCUT2D eigenvalue weighted by atomic mass is 16.7. The van der Waals surface area contributed by atoms with Gasteiger partial charge >= 0.3 is 0 Å². The number of carbonyl (C=O) groups is 1. The summed E-state index contributed by atoms with van der Waals surface area (Å²) < 4.78 is 11.3. The maximum Gasteiger partial charge on any atom is 0.220 e. The van der Waals surface area contributed by atoms with Crippen LogP contribution in [0.1, 0.15) is 322 Å². The van der Waals surface area contributed by atoms with E-state index in [0.29, 0.717) is 6.42 Å². The fraction of sp³-hybridized carbons (Fsp3) is 0.922. The van der Waals surface area contributed by atoms with Crippen LogP contribution in [-0.2, 0) is 14.3 Å². The van der Waals surface area contributed by atoms with Crippen LogP contribution in [0.5, 0.6) is 0 Å². The lowest BCUT2D eigenvalue weighted by Gasteiger charge is -2.40. The van der Waals surface area contributed by atoms with Crippen LogP contribution in [-0.4, -0.2) is 87.5 Å². The molecule has 0 aliphatic carbocycles. The molecule has 1 heterocycles. The Morgan fingerprint density at radius 3 is 1.15 bits per heavy atom. The van der Waals surface area contributed by atoms with Crippen molar-refractivity contribution >= 4 is 5.91 Å². The van der Waals surface area contributed by atoms with Gasteiger partial charge in [-0.2, -0.15) is 0 Å². The van der Waals surface area contributed by atoms with Crippen LogP contribution in [0, 0.1) is 0 Å². The van der Waals surface area contributed by atoms with Gasteiger partial charge in [0.2, 0.25) is 5.91 Å². The highest BCUT2D eigenvalue weighted by molar-refractivity contribution is 5.76. The Labute approximate surface area is 451 Å². The van der Waals surface area contributed by atoms with Crippen LogP contribution in [0.2, 0.25) is 0 Å². The minimum atomic E-state index is -1.57. The van der Waals surface area contributed by atoms with Crippen molar-refractivity contribution in [3.8, 4) is 0 Å². The molecule has 1 amide bonds. The second kappa shape index (κ2) is 54.0. The van der Waals surface area contributed by atoms with Crippen molar-refractivity contribution in [2.24, 2.45) is 0 Å².